The van der Waals surface area contributed by atoms with Crippen molar-refractivity contribution >= 4 is 12.0 Å². The Labute approximate surface area is 137 Å². The molecule has 0 aliphatic carbocycles. The molecule has 23 heavy (non-hydrogen) atoms. The smallest absolute Gasteiger partial charge is 0.331 e. The monoisotopic (exact) mass is 313 g/mol. The number of hydrogen-bond donors (Lipinski definition) is 0. The van der Waals surface area contributed by atoms with Crippen LogP contribution in [0.4, 0.5) is 0 Å². The van der Waals surface area contributed by atoms with Crippen molar-refractivity contribution in [2.45, 2.75) is 27.0 Å². The second kappa shape index (κ2) is 8.96. The topological polar surface area (TPSA) is 42.7 Å². The number of esters is 1. The maximum absolute atomic E-state index is 11.6. The first-order valence-corrected chi connectivity index (χ1v) is 7.89. The number of furan rings is 1. The van der Waals surface area contributed by atoms with Crippen LogP contribution in [0, 0.1) is 0 Å². The molecule has 1 aromatic carbocycles. The highest BCUT2D eigenvalue weighted by Gasteiger charge is 2.03. The number of hydrogen-bond acceptors (Lipinski definition) is 4. The van der Waals surface area contributed by atoms with E-state index in [1.54, 1.807) is 24.5 Å². The minimum absolute atomic E-state index is 0.271. The first-order chi connectivity index (χ1) is 11.2. The molecule has 0 spiro atoms. The Bertz CT molecular complexity index is 611. The summed E-state index contributed by atoms with van der Waals surface area (Å²) in [5.41, 5.74) is 2.24. The molecule has 1 heterocycles. The van der Waals surface area contributed by atoms with Crippen LogP contribution in [0.1, 0.15) is 30.7 Å². The molecule has 0 amide bonds. The molecular weight excluding hydrogens is 290 g/mol. The molecule has 0 radical (unpaired) electrons. The molecule has 122 valence electrons. The summed E-state index contributed by atoms with van der Waals surface area (Å²) >= 11 is 0. The lowest BCUT2D eigenvalue weighted by molar-refractivity contribution is -0.138. The van der Waals surface area contributed by atoms with Gasteiger partial charge in [0.05, 0.1) is 6.26 Å². The van der Waals surface area contributed by atoms with Crippen molar-refractivity contribution < 1.29 is 13.9 Å². The number of rotatable bonds is 8. The maximum Gasteiger partial charge on any atom is 0.331 e. The minimum atomic E-state index is -0.381. The highest BCUT2D eigenvalue weighted by molar-refractivity contribution is 5.86. The first kappa shape index (κ1) is 17.0. The molecule has 2 rings (SSSR count). The van der Waals surface area contributed by atoms with Crippen LogP contribution in [-0.2, 0) is 22.7 Å². The van der Waals surface area contributed by atoms with Crippen LogP contribution in [0.15, 0.2) is 53.2 Å². The van der Waals surface area contributed by atoms with Crippen LogP contribution in [-0.4, -0.2) is 24.0 Å². The molecule has 0 saturated carbocycles. The van der Waals surface area contributed by atoms with E-state index in [0.29, 0.717) is 5.76 Å². The zero-order valence-corrected chi connectivity index (χ0v) is 13.7. The number of carbonyl (C=O) groups excluding carboxylic acids is 1. The molecule has 0 N–H and O–H groups in total. The van der Waals surface area contributed by atoms with Gasteiger partial charge in [0, 0.05) is 12.6 Å². The fourth-order valence-corrected chi connectivity index (χ4v) is 2.19. The average Bonchev–Trinajstić information content (AvgIpc) is 3.10. The third-order valence-corrected chi connectivity index (χ3v) is 3.63. The lowest BCUT2D eigenvalue weighted by atomic mass is 10.1. The molecular formula is C19H23NO3. The van der Waals surface area contributed by atoms with Crippen LogP contribution >= 0.6 is 0 Å². The van der Waals surface area contributed by atoms with Crippen LogP contribution < -0.4 is 0 Å². The molecule has 0 unspecified atom stereocenters. The highest BCUT2D eigenvalue weighted by atomic mass is 16.5. The van der Waals surface area contributed by atoms with Gasteiger partial charge in [0.1, 0.15) is 12.4 Å². The van der Waals surface area contributed by atoms with Crippen LogP contribution in [0.25, 0.3) is 6.08 Å². The predicted octanol–water partition coefficient (Wildman–Crippen LogP) is 3.88. The summed E-state index contributed by atoms with van der Waals surface area (Å²) in [6.07, 6.45) is 4.52. The molecule has 0 fully saturated rings. The fourth-order valence-electron chi connectivity index (χ4n) is 2.19. The van der Waals surface area contributed by atoms with Crippen molar-refractivity contribution in [3.63, 3.8) is 0 Å². The van der Waals surface area contributed by atoms with E-state index in [0.717, 1.165) is 25.2 Å². The van der Waals surface area contributed by atoms with Crippen molar-refractivity contribution in [3.05, 3.63) is 65.6 Å². The van der Waals surface area contributed by atoms with Gasteiger partial charge in [0.2, 0.25) is 0 Å². The Balaban J connectivity index is 1.80. The summed E-state index contributed by atoms with van der Waals surface area (Å²) in [5.74, 6) is 0.247. The van der Waals surface area contributed by atoms with E-state index in [-0.39, 0.29) is 12.6 Å². The van der Waals surface area contributed by atoms with Gasteiger partial charge in [0.25, 0.3) is 0 Å². The molecule has 0 aliphatic heterocycles. The van der Waals surface area contributed by atoms with Crippen LogP contribution in [0.5, 0.6) is 0 Å². The van der Waals surface area contributed by atoms with Gasteiger partial charge < -0.3 is 9.15 Å². The SMILES string of the molecule is CCN(CC)Cc1ccc(COC(=O)/C=C/c2ccco2)cc1. The zero-order valence-electron chi connectivity index (χ0n) is 13.7. The second-order valence-electron chi connectivity index (χ2n) is 5.23. The third-order valence-electron chi connectivity index (χ3n) is 3.63. The Morgan fingerprint density at radius 3 is 2.43 bits per heavy atom. The molecule has 0 aliphatic rings. The average molecular weight is 313 g/mol. The van der Waals surface area contributed by atoms with Gasteiger partial charge in [0.15, 0.2) is 0 Å². The Kier molecular flexibility index (Phi) is 6.63. The van der Waals surface area contributed by atoms with E-state index >= 15 is 0 Å². The van der Waals surface area contributed by atoms with Crippen molar-refractivity contribution in [1.29, 1.82) is 0 Å². The van der Waals surface area contributed by atoms with E-state index in [4.69, 9.17) is 9.15 Å². The summed E-state index contributed by atoms with van der Waals surface area (Å²) in [6.45, 7) is 7.61. The second-order valence-corrected chi connectivity index (χ2v) is 5.23. The number of ether oxygens (including phenoxy) is 1. The highest BCUT2D eigenvalue weighted by Crippen LogP contribution is 2.09. The molecule has 1 aromatic heterocycles. The largest absolute Gasteiger partial charge is 0.465 e. The first-order valence-electron chi connectivity index (χ1n) is 7.89. The van der Waals surface area contributed by atoms with Gasteiger partial charge in [-0.05, 0) is 42.4 Å². The Hall–Kier alpha value is -2.33. The number of benzene rings is 1. The van der Waals surface area contributed by atoms with E-state index < -0.39 is 0 Å². The molecule has 4 heteroatoms. The zero-order chi connectivity index (χ0) is 16.5. The van der Waals surface area contributed by atoms with E-state index in [1.165, 1.54) is 11.6 Å². The molecule has 0 atom stereocenters. The van der Waals surface area contributed by atoms with Crippen molar-refractivity contribution in [2.24, 2.45) is 0 Å². The van der Waals surface area contributed by atoms with Gasteiger partial charge in [-0.15, -0.1) is 0 Å². The summed E-state index contributed by atoms with van der Waals surface area (Å²) in [6, 6.07) is 11.7. The number of nitrogens with zero attached hydrogens (tertiary/aromatic N) is 1. The van der Waals surface area contributed by atoms with Crippen LogP contribution in [0.2, 0.25) is 0 Å². The normalized spacial score (nSPS) is 11.3. The summed E-state index contributed by atoms with van der Waals surface area (Å²) in [4.78, 5) is 14.0. The fraction of sp³-hybridized carbons (Fsp3) is 0.316. The van der Waals surface area contributed by atoms with Gasteiger partial charge in [-0.2, -0.15) is 0 Å². The summed E-state index contributed by atoms with van der Waals surface area (Å²) < 4.78 is 10.3. The molecule has 2 aromatic rings. The summed E-state index contributed by atoms with van der Waals surface area (Å²) in [7, 11) is 0. The van der Waals surface area contributed by atoms with Gasteiger partial charge in [-0.3, -0.25) is 4.90 Å². The molecule has 0 bridgehead atoms. The predicted molar refractivity (Wildman–Crippen MR) is 90.6 cm³/mol. The lowest BCUT2D eigenvalue weighted by Gasteiger charge is -2.18. The minimum Gasteiger partial charge on any atom is -0.465 e. The van der Waals surface area contributed by atoms with Crippen molar-refractivity contribution in [1.82, 2.24) is 4.90 Å². The van der Waals surface area contributed by atoms with E-state index in [2.05, 4.69) is 30.9 Å². The van der Waals surface area contributed by atoms with Gasteiger partial charge in [-0.25, -0.2) is 4.79 Å². The molecule has 4 nitrogen and oxygen atoms in total. The Morgan fingerprint density at radius 1 is 1.13 bits per heavy atom. The quantitative estimate of drug-likeness (QED) is 0.548. The maximum atomic E-state index is 11.6. The standard InChI is InChI=1S/C19H23NO3/c1-3-20(4-2)14-16-7-9-17(10-8-16)15-23-19(21)12-11-18-6-5-13-22-18/h5-13H,3-4,14-15H2,1-2H3/b12-11+. The van der Waals surface area contributed by atoms with E-state index in [9.17, 15) is 4.79 Å². The van der Waals surface area contributed by atoms with Crippen LogP contribution in [0.3, 0.4) is 0 Å². The Morgan fingerprint density at radius 2 is 1.83 bits per heavy atom. The molecule has 0 saturated heterocycles. The van der Waals surface area contributed by atoms with E-state index in [1.807, 2.05) is 12.1 Å². The number of carbonyl (C=O) groups is 1. The lowest BCUT2D eigenvalue weighted by Crippen LogP contribution is -2.22. The third kappa shape index (κ3) is 5.75. The van der Waals surface area contributed by atoms with Crippen molar-refractivity contribution in [2.75, 3.05) is 13.1 Å². The van der Waals surface area contributed by atoms with Crippen molar-refractivity contribution in [3.8, 4) is 0 Å². The van der Waals surface area contributed by atoms with Gasteiger partial charge >= 0.3 is 5.97 Å². The van der Waals surface area contributed by atoms with Gasteiger partial charge in [-0.1, -0.05) is 38.1 Å². The summed E-state index contributed by atoms with van der Waals surface area (Å²) in [5, 5.41) is 0.